The first-order valence-electron chi connectivity index (χ1n) is 11.4. The summed E-state index contributed by atoms with van der Waals surface area (Å²) in [5.74, 6) is -0.632. The second-order valence-electron chi connectivity index (χ2n) is 9.05. The summed E-state index contributed by atoms with van der Waals surface area (Å²) in [6, 6.07) is -1.39. The highest BCUT2D eigenvalue weighted by Gasteiger charge is 2.53. The number of hydrogen-bond donors (Lipinski definition) is 10. The van der Waals surface area contributed by atoms with Crippen LogP contribution in [0.4, 0.5) is 0 Å². The van der Waals surface area contributed by atoms with E-state index in [-0.39, 0.29) is 0 Å². The molecule has 0 bridgehead atoms. The van der Waals surface area contributed by atoms with Gasteiger partial charge in [-0.3, -0.25) is 4.79 Å². The predicted octanol–water partition coefficient (Wildman–Crippen LogP) is -6.40. The molecule has 0 aromatic rings. The van der Waals surface area contributed by atoms with Gasteiger partial charge in [0.1, 0.15) is 67.1 Å². The summed E-state index contributed by atoms with van der Waals surface area (Å²) in [5, 5.41) is 93.8. The fourth-order valence-electron chi connectivity index (χ4n) is 4.38. The highest BCUT2D eigenvalue weighted by Crippen LogP contribution is 2.32. The zero-order chi connectivity index (χ0) is 26.9. The maximum atomic E-state index is 11.7. The van der Waals surface area contributed by atoms with E-state index in [0.717, 1.165) is 6.92 Å². The smallest absolute Gasteiger partial charge is 0.217 e. The highest BCUT2D eigenvalue weighted by molar-refractivity contribution is 5.73. The van der Waals surface area contributed by atoms with E-state index in [1.165, 1.54) is 6.92 Å². The minimum absolute atomic E-state index is 0.632. The van der Waals surface area contributed by atoms with E-state index in [0.29, 0.717) is 0 Å². The minimum Gasteiger partial charge on any atom is -0.394 e. The summed E-state index contributed by atoms with van der Waals surface area (Å²) in [6.07, 6.45) is -22.2. The Balaban J connectivity index is 1.89. The van der Waals surface area contributed by atoms with Gasteiger partial charge >= 0.3 is 0 Å². The fourth-order valence-corrected chi connectivity index (χ4v) is 4.38. The third-order valence-electron chi connectivity index (χ3n) is 6.46. The Labute approximate surface area is 205 Å². The largest absolute Gasteiger partial charge is 0.394 e. The van der Waals surface area contributed by atoms with Gasteiger partial charge in [0.05, 0.1) is 19.3 Å². The number of aliphatic hydroxyl groups is 9. The van der Waals surface area contributed by atoms with Crippen molar-refractivity contribution in [3.05, 3.63) is 0 Å². The first-order valence-corrected chi connectivity index (χ1v) is 11.4. The van der Waals surface area contributed by atoms with E-state index in [9.17, 15) is 50.8 Å². The van der Waals surface area contributed by atoms with Crippen molar-refractivity contribution < 1.29 is 74.4 Å². The van der Waals surface area contributed by atoms with E-state index < -0.39 is 111 Å². The molecule has 10 N–H and O–H groups in total. The van der Waals surface area contributed by atoms with Gasteiger partial charge in [-0.15, -0.1) is 0 Å². The van der Waals surface area contributed by atoms with Gasteiger partial charge in [-0.1, -0.05) is 0 Å². The van der Waals surface area contributed by atoms with Gasteiger partial charge in [-0.25, -0.2) is 0 Å². The Morgan fingerprint density at radius 3 is 1.89 bits per heavy atom. The zero-order valence-corrected chi connectivity index (χ0v) is 19.5. The van der Waals surface area contributed by atoms with Crippen LogP contribution in [0, 0.1) is 0 Å². The van der Waals surface area contributed by atoms with Crippen LogP contribution in [0.1, 0.15) is 13.8 Å². The molecule has 0 saturated carbocycles. The molecule has 210 valence electrons. The molecule has 0 aromatic heterocycles. The number of carbonyl (C=O) groups is 1. The Morgan fingerprint density at radius 1 is 0.722 bits per heavy atom. The van der Waals surface area contributed by atoms with Crippen molar-refractivity contribution in [1.29, 1.82) is 0 Å². The number of aliphatic hydroxyl groups excluding tert-OH is 9. The zero-order valence-electron chi connectivity index (χ0n) is 19.5. The second-order valence-corrected chi connectivity index (χ2v) is 9.05. The van der Waals surface area contributed by atoms with E-state index in [2.05, 4.69) is 5.32 Å². The maximum Gasteiger partial charge on any atom is 0.217 e. The molecule has 16 heteroatoms. The standard InChI is InChI=1S/C20H35NO15/c1-5-10(25)13(28)15(30)19(32-5)36-17-14(29)11(26)7(3-22)34-20(17)35-16-9(21-6(2)24)18(31)33-8(4-23)12(16)27/h5,7-20,22-23,25-31H,3-4H2,1-2H3,(H,21,24)/t5-,7+,8+,9+,10+,11-,12-,13+,14-,15-,16+,17+,18?,19?,20?/m0/s1. The molecule has 3 aliphatic heterocycles. The summed E-state index contributed by atoms with van der Waals surface area (Å²) >= 11 is 0. The second kappa shape index (κ2) is 12.2. The number of hydrogen-bond acceptors (Lipinski definition) is 15. The topological polar surface area (TPSA) is 257 Å². The molecule has 3 rings (SSSR count). The molecular weight excluding hydrogens is 494 g/mol. The first kappa shape index (κ1) is 29.5. The monoisotopic (exact) mass is 529 g/mol. The molecule has 0 aliphatic carbocycles. The molecule has 3 heterocycles. The lowest BCUT2D eigenvalue weighted by molar-refractivity contribution is -0.380. The van der Waals surface area contributed by atoms with Crippen molar-refractivity contribution >= 4 is 5.91 Å². The van der Waals surface area contributed by atoms with Crippen LogP contribution in [0.25, 0.3) is 0 Å². The van der Waals surface area contributed by atoms with Crippen molar-refractivity contribution in [3.8, 4) is 0 Å². The summed E-state index contributed by atoms with van der Waals surface area (Å²) in [7, 11) is 0. The van der Waals surface area contributed by atoms with Crippen molar-refractivity contribution in [3.63, 3.8) is 0 Å². The SMILES string of the molecule is CC(=O)N[C@H]1C(O)O[C@H](CO)[C@H](O)[C@@H]1OC1O[C@H](CO)[C@H](O)[C@H](O)[C@H]1OC1O[C@@H](C)[C@@H](O)[C@@H](O)[C@@H]1O. The molecule has 15 atom stereocenters. The Hall–Kier alpha value is -1.09. The van der Waals surface area contributed by atoms with Crippen LogP contribution in [-0.2, 0) is 28.5 Å². The molecule has 0 radical (unpaired) electrons. The van der Waals surface area contributed by atoms with Gasteiger partial charge in [0.15, 0.2) is 18.9 Å². The highest BCUT2D eigenvalue weighted by atomic mass is 16.8. The molecule has 3 unspecified atom stereocenters. The summed E-state index contributed by atoms with van der Waals surface area (Å²) < 4.78 is 27.4. The number of ether oxygens (including phenoxy) is 5. The van der Waals surface area contributed by atoms with Gasteiger partial charge < -0.3 is 75.0 Å². The summed E-state index contributed by atoms with van der Waals surface area (Å²) in [6.45, 7) is 1.00. The van der Waals surface area contributed by atoms with Crippen molar-refractivity contribution in [2.24, 2.45) is 0 Å². The van der Waals surface area contributed by atoms with E-state index >= 15 is 0 Å². The third kappa shape index (κ3) is 5.97. The van der Waals surface area contributed by atoms with E-state index in [1.807, 2.05) is 0 Å². The molecular formula is C20H35NO15. The van der Waals surface area contributed by atoms with Crippen molar-refractivity contribution in [2.45, 2.75) is 106 Å². The van der Waals surface area contributed by atoms with Gasteiger partial charge in [0.2, 0.25) is 5.91 Å². The minimum atomic E-state index is -1.83. The van der Waals surface area contributed by atoms with Crippen LogP contribution < -0.4 is 5.32 Å². The molecule has 3 saturated heterocycles. The molecule has 16 nitrogen and oxygen atoms in total. The van der Waals surface area contributed by atoms with Gasteiger partial charge in [0, 0.05) is 6.92 Å². The Bertz CT molecular complexity index is 731. The quantitative estimate of drug-likeness (QED) is 0.147. The van der Waals surface area contributed by atoms with Gasteiger partial charge in [-0.2, -0.15) is 0 Å². The maximum absolute atomic E-state index is 11.7. The molecule has 36 heavy (non-hydrogen) atoms. The average Bonchev–Trinajstić information content (AvgIpc) is 2.83. The van der Waals surface area contributed by atoms with Crippen LogP contribution >= 0.6 is 0 Å². The van der Waals surface area contributed by atoms with Crippen LogP contribution in [0.2, 0.25) is 0 Å². The number of rotatable bonds is 7. The van der Waals surface area contributed by atoms with Gasteiger partial charge in [-0.05, 0) is 6.92 Å². The van der Waals surface area contributed by atoms with Crippen LogP contribution in [0.3, 0.4) is 0 Å². The van der Waals surface area contributed by atoms with Crippen molar-refractivity contribution in [2.75, 3.05) is 13.2 Å². The Kier molecular flexibility index (Phi) is 9.97. The number of amides is 1. The lowest BCUT2D eigenvalue weighted by Crippen LogP contribution is -2.68. The predicted molar refractivity (Wildman–Crippen MR) is 111 cm³/mol. The lowest BCUT2D eigenvalue weighted by atomic mass is 9.95. The van der Waals surface area contributed by atoms with E-state index in [4.69, 9.17) is 23.7 Å². The molecule has 0 aromatic carbocycles. The lowest BCUT2D eigenvalue weighted by Gasteiger charge is -2.48. The number of carbonyl (C=O) groups excluding carboxylic acids is 1. The Morgan fingerprint density at radius 2 is 1.31 bits per heavy atom. The van der Waals surface area contributed by atoms with Crippen LogP contribution in [0.15, 0.2) is 0 Å². The van der Waals surface area contributed by atoms with Crippen molar-refractivity contribution in [1.82, 2.24) is 5.32 Å². The summed E-state index contributed by atoms with van der Waals surface area (Å²) in [4.78, 5) is 11.7. The van der Waals surface area contributed by atoms with Crippen LogP contribution in [-0.4, -0.2) is 157 Å². The normalized spacial score (nSPS) is 50.0. The summed E-state index contributed by atoms with van der Waals surface area (Å²) in [5.41, 5.74) is 0. The third-order valence-corrected chi connectivity index (χ3v) is 6.46. The number of nitrogens with one attached hydrogen (secondary N) is 1. The molecule has 0 spiro atoms. The van der Waals surface area contributed by atoms with Gasteiger partial charge in [0.25, 0.3) is 0 Å². The molecule has 1 amide bonds. The molecule has 3 fully saturated rings. The fraction of sp³-hybridized carbons (Fsp3) is 0.950. The van der Waals surface area contributed by atoms with Crippen LogP contribution in [0.5, 0.6) is 0 Å². The average molecular weight is 529 g/mol. The van der Waals surface area contributed by atoms with E-state index in [1.54, 1.807) is 0 Å². The first-order chi connectivity index (χ1) is 16.9. The molecule has 3 aliphatic rings.